The third-order valence-corrected chi connectivity index (χ3v) is 7.28. The Morgan fingerprint density at radius 2 is 1.91 bits per heavy atom. The number of nitrogens with zero attached hydrogens (tertiary/aromatic N) is 2. The molecule has 0 amide bonds. The van der Waals surface area contributed by atoms with Crippen molar-refractivity contribution >= 4 is 50.0 Å². The van der Waals surface area contributed by atoms with E-state index in [-0.39, 0.29) is 6.42 Å². The van der Waals surface area contributed by atoms with Gasteiger partial charge >= 0.3 is 5.97 Å². The molecule has 0 aliphatic heterocycles. The quantitative estimate of drug-likeness (QED) is 0.136. The number of hydrogen-bond donors (Lipinski definition) is 1. The van der Waals surface area contributed by atoms with Crippen molar-refractivity contribution in [2.75, 3.05) is 6.61 Å². The van der Waals surface area contributed by atoms with Gasteiger partial charge in [-0.1, -0.05) is 37.1 Å². The van der Waals surface area contributed by atoms with Gasteiger partial charge in [0, 0.05) is 21.5 Å². The molecule has 0 atom stereocenters. The number of carbonyl (C=O) groups is 1. The minimum absolute atomic E-state index is 0.0973. The number of aromatic amines is 1. The van der Waals surface area contributed by atoms with E-state index in [1.165, 1.54) is 0 Å². The van der Waals surface area contributed by atoms with E-state index in [0.717, 1.165) is 66.8 Å². The molecule has 3 aromatic carbocycles. The number of aryl methyl sites for hydroxylation is 1. The van der Waals surface area contributed by atoms with Crippen LogP contribution in [-0.4, -0.2) is 27.8 Å². The average Bonchev–Trinajstić information content (AvgIpc) is 3.49. The molecular weight excluding hydrogens is 482 g/mol. The predicted molar refractivity (Wildman–Crippen MR) is 141 cm³/mol. The Morgan fingerprint density at radius 3 is 2.71 bits per heavy atom. The molecule has 8 heteroatoms. The van der Waals surface area contributed by atoms with Gasteiger partial charge in [0.25, 0.3) is 0 Å². The summed E-state index contributed by atoms with van der Waals surface area (Å²) in [6.07, 6.45) is 3.71. The number of fused-ring (bicyclic) bond motifs is 2. The molecule has 0 bridgehead atoms. The highest BCUT2D eigenvalue weighted by molar-refractivity contribution is 7.22. The Morgan fingerprint density at radius 1 is 1.11 bits per heavy atom. The van der Waals surface area contributed by atoms with E-state index >= 15 is 0 Å². The zero-order valence-corrected chi connectivity index (χ0v) is 21.0. The smallest absolute Gasteiger partial charge is 0.298 e. The molecule has 0 aliphatic carbocycles. The molecule has 0 spiro atoms. The maximum atomic E-state index is 12.6. The number of carbonyl (C=O) groups excluding carboxylic acids is 1. The van der Waals surface area contributed by atoms with Crippen LogP contribution in [0, 0.1) is 6.92 Å². The number of thiazole rings is 1. The van der Waals surface area contributed by atoms with Crippen molar-refractivity contribution in [1.82, 2.24) is 15.2 Å². The number of H-pyrrole nitrogens is 1. The van der Waals surface area contributed by atoms with Crippen LogP contribution in [0.4, 0.5) is 0 Å². The number of halogens is 1. The molecule has 1 N–H and O–H groups in total. The Kier molecular flexibility index (Phi) is 6.81. The van der Waals surface area contributed by atoms with Gasteiger partial charge in [-0.15, -0.1) is 11.3 Å². The van der Waals surface area contributed by atoms with Crippen LogP contribution in [0.1, 0.15) is 30.9 Å². The van der Waals surface area contributed by atoms with Gasteiger partial charge in [-0.2, -0.15) is 9.99 Å². The first kappa shape index (κ1) is 23.5. The monoisotopic (exact) mass is 505 g/mol. The second kappa shape index (κ2) is 10.2. The first-order chi connectivity index (χ1) is 17.0. The van der Waals surface area contributed by atoms with Crippen LogP contribution in [0.25, 0.3) is 42.8 Å². The van der Waals surface area contributed by atoms with Gasteiger partial charge in [-0.3, -0.25) is 9.99 Å². The summed E-state index contributed by atoms with van der Waals surface area (Å²) in [5.41, 5.74) is 6.68. The molecule has 0 aliphatic rings. The number of rotatable bonds is 8. The molecule has 0 radical (unpaired) electrons. The summed E-state index contributed by atoms with van der Waals surface area (Å²) in [6.45, 7) is 4.44. The summed E-state index contributed by atoms with van der Waals surface area (Å²) in [7, 11) is 0. The number of benzene rings is 3. The van der Waals surface area contributed by atoms with E-state index in [4.69, 9.17) is 26.4 Å². The Labute approximate surface area is 211 Å². The Balaban J connectivity index is 1.60. The van der Waals surface area contributed by atoms with Crippen LogP contribution in [-0.2, 0) is 21.0 Å². The molecule has 0 saturated heterocycles. The van der Waals surface area contributed by atoms with E-state index in [1.54, 1.807) is 11.3 Å². The normalized spacial score (nSPS) is 11.4. The molecule has 5 aromatic rings. The molecule has 35 heavy (non-hydrogen) atoms. The van der Waals surface area contributed by atoms with Crippen molar-refractivity contribution in [3.8, 4) is 21.7 Å². The Hall–Kier alpha value is -3.26. The van der Waals surface area contributed by atoms with Gasteiger partial charge in [0.1, 0.15) is 5.01 Å². The number of aromatic nitrogens is 3. The summed E-state index contributed by atoms with van der Waals surface area (Å²) in [5, 5.41) is 9.68. The molecular formula is C27H24ClN3O3S. The van der Waals surface area contributed by atoms with Gasteiger partial charge in [-0.05, 0) is 66.4 Å². The SMILES string of the molecule is CCCCOOC(=O)Cc1c(C)cc2nc(-c3ccc4[nH]ncc4c3)sc2c1-c1ccc(Cl)cc1. The summed E-state index contributed by atoms with van der Waals surface area (Å²) >= 11 is 7.77. The van der Waals surface area contributed by atoms with Crippen LogP contribution in [0.5, 0.6) is 0 Å². The number of nitrogens with one attached hydrogen (secondary N) is 1. The fourth-order valence-electron chi connectivity index (χ4n) is 4.07. The zero-order valence-electron chi connectivity index (χ0n) is 19.4. The van der Waals surface area contributed by atoms with E-state index in [2.05, 4.69) is 23.2 Å². The second-order valence-electron chi connectivity index (χ2n) is 8.40. The topological polar surface area (TPSA) is 77.1 Å². The lowest BCUT2D eigenvalue weighted by atomic mass is 9.93. The minimum atomic E-state index is -0.422. The first-order valence-corrected chi connectivity index (χ1v) is 12.7. The van der Waals surface area contributed by atoms with E-state index in [0.29, 0.717) is 11.6 Å². The van der Waals surface area contributed by atoms with Crippen molar-refractivity contribution in [2.45, 2.75) is 33.1 Å². The number of unbranched alkanes of at least 4 members (excludes halogenated alkanes) is 1. The molecule has 6 nitrogen and oxygen atoms in total. The second-order valence-corrected chi connectivity index (χ2v) is 9.84. The van der Waals surface area contributed by atoms with E-state index < -0.39 is 5.97 Å². The van der Waals surface area contributed by atoms with Gasteiger partial charge < -0.3 is 0 Å². The third kappa shape index (κ3) is 4.93. The van der Waals surface area contributed by atoms with Crippen LogP contribution in [0.3, 0.4) is 0 Å². The van der Waals surface area contributed by atoms with Gasteiger partial charge in [-0.25, -0.2) is 9.78 Å². The highest BCUT2D eigenvalue weighted by Crippen LogP contribution is 2.41. The summed E-state index contributed by atoms with van der Waals surface area (Å²) in [5.74, 6) is -0.422. The van der Waals surface area contributed by atoms with Crippen molar-refractivity contribution in [3.63, 3.8) is 0 Å². The highest BCUT2D eigenvalue weighted by atomic mass is 35.5. The fourth-order valence-corrected chi connectivity index (χ4v) is 5.33. The van der Waals surface area contributed by atoms with Crippen molar-refractivity contribution < 1.29 is 14.6 Å². The van der Waals surface area contributed by atoms with Crippen molar-refractivity contribution in [3.05, 3.63) is 70.9 Å². The lowest BCUT2D eigenvalue weighted by molar-refractivity contribution is -0.272. The van der Waals surface area contributed by atoms with Crippen LogP contribution in [0.2, 0.25) is 5.02 Å². The molecule has 2 heterocycles. The third-order valence-electron chi connectivity index (χ3n) is 5.89. The van der Waals surface area contributed by atoms with Gasteiger partial charge in [0.15, 0.2) is 0 Å². The number of hydrogen-bond acceptors (Lipinski definition) is 6. The van der Waals surface area contributed by atoms with E-state index in [1.807, 2.05) is 55.6 Å². The standard InChI is InChI=1S/C27H24ClN3O3S/c1-3-4-11-33-34-24(32)14-21-16(2)12-23-26(25(21)17-5-8-20(28)9-6-17)35-27(30-23)18-7-10-22-19(13-18)15-29-31-22/h5-10,12-13,15H,3-4,11,14H2,1-2H3,(H,29,31). The zero-order chi connectivity index (χ0) is 24.4. The summed E-state index contributed by atoms with van der Waals surface area (Å²) in [6, 6.07) is 15.8. The van der Waals surface area contributed by atoms with Crippen LogP contribution in [0.15, 0.2) is 54.7 Å². The first-order valence-electron chi connectivity index (χ1n) is 11.5. The molecule has 0 fully saturated rings. The maximum absolute atomic E-state index is 12.6. The molecule has 0 unspecified atom stereocenters. The highest BCUT2D eigenvalue weighted by Gasteiger charge is 2.21. The summed E-state index contributed by atoms with van der Waals surface area (Å²) < 4.78 is 1.01. The predicted octanol–water partition coefficient (Wildman–Crippen LogP) is 7.29. The molecule has 2 aromatic heterocycles. The van der Waals surface area contributed by atoms with Gasteiger partial charge in [0.05, 0.1) is 35.0 Å². The molecule has 5 rings (SSSR count). The average molecular weight is 506 g/mol. The minimum Gasteiger partial charge on any atom is -0.298 e. The lowest BCUT2D eigenvalue weighted by Crippen LogP contribution is -2.11. The van der Waals surface area contributed by atoms with E-state index in [9.17, 15) is 4.79 Å². The maximum Gasteiger partial charge on any atom is 0.346 e. The van der Waals surface area contributed by atoms with Crippen molar-refractivity contribution in [1.29, 1.82) is 0 Å². The fraction of sp³-hybridized carbons (Fsp3) is 0.222. The Bertz CT molecular complexity index is 1510. The van der Waals surface area contributed by atoms with Gasteiger partial charge in [0.2, 0.25) is 0 Å². The van der Waals surface area contributed by atoms with Crippen molar-refractivity contribution in [2.24, 2.45) is 0 Å². The lowest BCUT2D eigenvalue weighted by Gasteiger charge is -2.14. The largest absolute Gasteiger partial charge is 0.346 e. The molecule has 178 valence electrons. The van der Waals surface area contributed by atoms with Crippen LogP contribution >= 0.6 is 22.9 Å². The molecule has 0 saturated carbocycles. The summed E-state index contributed by atoms with van der Waals surface area (Å²) in [4.78, 5) is 27.7. The van der Waals surface area contributed by atoms with Crippen LogP contribution < -0.4 is 0 Å².